The molecule has 1 amide bonds. The number of aromatic nitrogens is 4. The lowest BCUT2D eigenvalue weighted by Crippen LogP contribution is -2.39. The Morgan fingerprint density at radius 1 is 1.24 bits per heavy atom. The fraction of sp³-hybridized carbons (Fsp3) is 0.714. The van der Waals surface area contributed by atoms with Crippen LogP contribution in [0.15, 0.2) is 4.42 Å². The number of carbonyl (C=O) groups excluding carboxylic acids is 1. The first kappa shape index (κ1) is 21.5. The van der Waals surface area contributed by atoms with Crippen LogP contribution in [0.5, 0.6) is 0 Å². The molecule has 3 heterocycles. The third kappa shape index (κ3) is 5.04. The SMILES string of the molecule is Cc1nn(CC(C)C)c(C)c1CC(=O)N1CCCCC1c1nnc(CN(C)C)o1. The van der Waals surface area contributed by atoms with E-state index in [1.54, 1.807) is 0 Å². The molecule has 1 atom stereocenters. The number of aryl methyl sites for hydroxylation is 1. The van der Waals surface area contributed by atoms with Gasteiger partial charge in [-0.2, -0.15) is 5.10 Å². The molecule has 1 aliphatic heterocycles. The Hall–Kier alpha value is -2.22. The molecule has 2 aromatic heterocycles. The van der Waals surface area contributed by atoms with Crippen molar-refractivity contribution in [2.75, 3.05) is 20.6 Å². The van der Waals surface area contributed by atoms with Crippen LogP contribution < -0.4 is 0 Å². The van der Waals surface area contributed by atoms with Gasteiger partial charge in [0.25, 0.3) is 0 Å². The fourth-order valence-electron chi connectivity index (χ4n) is 3.99. The van der Waals surface area contributed by atoms with Crippen LogP contribution >= 0.6 is 0 Å². The second-order valence-corrected chi connectivity index (χ2v) is 8.77. The minimum absolute atomic E-state index is 0.109. The van der Waals surface area contributed by atoms with Crippen LogP contribution in [-0.2, 0) is 24.3 Å². The number of carbonyl (C=O) groups is 1. The summed E-state index contributed by atoms with van der Waals surface area (Å²) in [5, 5.41) is 13.1. The van der Waals surface area contributed by atoms with E-state index in [0.717, 1.165) is 49.3 Å². The third-order valence-corrected chi connectivity index (χ3v) is 5.44. The van der Waals surface area contributed by atoms with Crippen molar-refractivity contribution in [3.8, 4) is 0 Å². The highest BCUT2D eigenvalue weighted by atomic mass is 16.4. The Morgan fingerprint density at radius 3 is 2.69 bits per heavy atom. The smallest absolute Gasteiger partial charge is 0.239 e. The van der Waals surface area contributed by atoms with Gasteiger partial charge < -0.3 is 14.2 Å². The van der Waals surface area contributed by atoms with Crippen molar-refractivity contribution < 1.29 is 9.21 Å². The van der Waals surface area contributed by atoms with E-state index in [2.05, 4.69) is 36.1 Å². The van der Waals surface area contributed by atoms with Gasteiger partial charge in [0.1, 0.15) is 6.04 Å². The van der Waals surface area contributed by atoms with Crippen LogP contribution in [0.25, 0.3) is 0 Å². The molecule has 29 heavy (non-hydrogen) atoms. The Bertz CT molecular complexity index is 838. The first-order valence-electron chi connectivity index (χ1n) is 10.6. The standard InChI is InChI=1S/C21H34N6O2/c1-14(2)12-27-16(4)17(15(3)24-27)11-20(28)26-10-8-7-9-18(26)21-23-22-19(29-21)13-25(5)6/h14,18H,7-13H2,1-6H3. The van der Waals surface area contributed by atoms with Gasteiger partial charge in [-0.1, -0.05) is 13.8 Å². The Morgan fingerprint density at radius 2 is 2.00 bits per heavy atom. The van der Waals surface area contributed by atoms with Crippen LogP contribution in [0.2, 0.25) is 0 Å². The molecule has 0 saturated carbocycles. The van der Waals surface area contributed by atoms with Gasteiger partial charge in [0.05, 0.1) is 18.7 Å². The molecular formula is C21H34N6O2. The number of piperidine rings is 1. The summed E-state index contributed by atoms with van der Waals surface area (Å²) in [4.78, 5) is 17.2. The third-order valence-electron chi connectivity index (χ3n) is 5.44. The van der Waals surface area contributed by atoms with Gasteiger partial charge in [-0.25, -0.2) is 0 Å². The van der Waals surface area contributed by atoms with Crippen molar-refractivity contribution >= 4 is 5.91 Å². The highest BCUT2D eigenvalue weighted by Gasteiger charge is 2.32. The maximum absolute atomic E-state index is 13.3. The van der Waals surface area contributed by atoms with Crippen LogP contribution in [-0.4, -0.2) is 56.3 Å². The monoisotopic (exact) mass is 402 g/mol. The number of rotatable bonds is 7. The molecule has 0 spiro atoms. The largest absolute Gasteiger partial charge is 0.422 e. The highest BCUT2D eigenvalue weighted by molar-refractivity contribution is 5.79. The van der Waals surface area contributed by atoms with Gasteiger partial charge in [-0.05, 0) is 53.1 Å². The van der Waals surface area contributed by atoms with Gasteiger partial charge >= 0.3 is 0 Å². The predicted octanol–water partition coefficient (Wildman–Crippen LogP) is 2.90. The van der Waals surface area contributed by atoms with Crippen LogP contribution in [0.3, 0.4) is 0 Å². The predicted molar refractivity (Wildman–Crippen MR) is 110 cm³/mol. The minimum Gasteiger partial charge on any atom is -0.422 e. The average Bonchev–Trinajstić information content (AvgIpc) is 3.21. The van der Waals surface area contributed by atoms with Crippen molar-refractivity contribution in [2.45, 2.75) is 72.5 Å². The van der Waals surface area contributed by atoms with E-state index < -0.39 is 0 Å². The molecule has 0 aliphatic carbocycles. The summed E-state index contributed by atoms with van der Waals surface area (Å²) >= 11 is 0. The number of likely N-dealkylation sites (tertiary alicyclic amines) is 1. The molecule has 0 radical (unpaired) electrons. The molecule has 1 saturated heterocycles. The fourth-order valence-corrected chi connectivity index (χ4v) is 3.99. The quantitative estimate of drug-likeness (QED) is 0.708. The lowest BCUT2D eigenvalue weighted by Gasteiger charge is -2.33. The number of nitrogens with zero attached hydrogens (tertiary/aromatic N) is 6. The van der Waals surface area contributed by atoms with Gasteiger partial charge in [0.2, 0.25) is 17.7 Å². The van der Waals surface area contributed by atoms with Crippen molar-refractivity contribution in [1.82, 2.24) is 29.8 Å². The Kier molecular flexibility index (Phi) is 6.72. The first-order valence-corrected chi connectivity index (χ1v) is 10.6. The van der Waals surface area contributed by atoms with Gasteiger partial charge in [0.15, 0.2) is 0 Å². The zero-order chi connectivity index (χ0) is 21.1. The molecule has 1 fully saturated rings. The summed E-state index contributed by atoms with van der Waals surface area (Å²) in [7, 11) is 3.93. The molecule has 160 valence electrons. The Balaban J connectivity index is 1.76. The van der Waals surface area contributed by atoms with Crippen molar-refractivity contribution in [1.29, 1.82) is 0 Å². The molecular weight excluding hydrogens is 368 g/mol. The van der Waals surface area contributed by atoms with Crippen LogP contribution in [0.1, 0.15) is 67.9 Å². The number of hydrogen-bond donors (Lipinski definition) is 0. The van der Waals surface area contributed by atoms with Crippen LogP contribution in [0, 0.1) is 19.8 Å². The van der Waals surface area contributed by atoms with Crippen molar-refractivity contribution in [3.63, 3.8) is 0 Å². The van der Waals surface area contributed by atoms with E-state index >= 15 is 0 Å². The van der Waals surface area contributed by atoms with E-state index in [1.165, 1.54) is 0 Å². The first-order chi connectivity index (χ1) is 13.8. The Labute approximate surface area is 173 Å². The molecule has 8 nitrogen and oxygen atoms in total. The number of amides is 1. The summed E-state index contributed by atoms with van der Waals surface area (Å²) in [6, 6.07) is -0.133. The van der Waals surface area contributed by atoms with E-state index in [-0.39, 0.29) is 11.9 Å². The molecule has 0 N–H and O–H groups in total. The molecule has 1 unspecified atom stereocenters. The minimum atomic E-state index is -0.133. The molecule has 3 rings (SSSR count). The second kappa shape index (κ2) is 9.07. The summed E-state index contributed by atoms with van der Waals surface area (Å²) in [5.41, 5.74) is 3.07. The molecule has 0 bridgehead atoms. The highest BCUT2D eigenvalue weighted by Crippen LogP contribution is 2.31. The van der Waals surface area contributed by atoms with Crippen molar-refractivity contribution in [2.24, 2.45) is 5.92 Å². The second-order valence-electron chi connectivity index (χ2n) is 8.77. The maximum Gasteiger partial charge on any atom is 0.239 e. The molecule has 1 aliphatic rings. The van der Waals surface area contributed by atoms with Gasteiger partial charge in [-0.3, -0.25) is 9.48 Å². The summed E-state index contributed by atoms with van der Waals surface area (Å²) in [6.07, 6.45) is 3.29. The van der Waals surface area contributed by atoms with Crippen molar-refractivity contribution in [3.05, 3.63) is 28.7 Å². The summed E-state index contributed by atoms with van der Waals surface area (Å²) in [5.74, 6) is 1.76. The average molecular weight is 403 g/mol. The van der Waals surface area contributed by atoms with Gasteiger partial charge in [-0.15, -0.1) is 10.2 Å². The normalized spacial score (nSPS) is 17.5. The number of hydrogen-bond acceptors (Lipinski definition) is 6. The van der Waals surface area contributed by atoms with E-state index in [4.69, 9.17) is 4.42 Å². The lowest BCUT2D eigenvalue weighted by atomic mass is 10.00. The van der Waals surface area contributed by atoms with Crippen LogP contribution in [0.4, 0.5) is 0 Å². The lowest BCUT2D eigenvalue weighted by molar-refractivity contribution is -0.135. The van der Waals surface area contributed by atoms with E-state index in [1.807, 2.05) is 35.5 Å². The molecule has 0 aromatic carbocycles. The maximum atomic E-state index is 13.3. The zero-order valence-electron chi connectivity index (χ0n) is 18.6. The topological polar surface area (TPSA) is 80.3 Å². The zero-order valence-corrected chi connectivity index (χ0v) is 18.6. The van der Waals surface area contributed by atoms with E-state index in [0.29, 0.717) is 30.7 Å². The molecule has 2 aromatic rings. The molecule has 8 heteroatoms. The van der Waals surface area contributed by atoms with E-state index in [9.17, 15) is 4.79 Å². The summed E-state index contributed by atoms with van der Waals surface area (Å²) < 4.78 is 7.92. The summed E-state index contributed by atoms with van der Waals surface area (Å²) in [6.45, 7) is 10.6. The van der Waals surface area contributed by atoms with Gasteiger partial charge in [0, 0.05) is 24.3 Å².